The van der Waals surface area contributed by atoms with E-state index in [1.54, 1.807) is 20.8 Å². The fourth-order valence-electron chi connectivity index (χ4n) is 12.4. The van der Waals surface area contributed by atoms with Gasteiger partial charge in [-0.15, -0.1) is 0 Å². The van der Waals surface area contributed by atoms with Crippen LogP contribution in [0.2, 0.25) is 0 Å². The average molecular weight is 726 g/mol. The first kappa shape index (κ1) is 41.0. The molecular formula is C44H71NO7. The van der Waals surface area contributed by atoms with Gasteiger partial charge in [0.05, 0.1) is 17.3 Å². The van der Waals surface area contributed by atoms with Crippen LogP contribution in [0.1, 0.15) is 146 Å². The quantitative estimate of drug-likeness (QED) is 0.179. The van der Waals surface area contributed by atoms with Gasteiger partial charge in [-0.05, 0) is 151 Å². The predicted molar refractivity (Wildman–Crippen MR) is 204 cm³/mol. The van der Waals surface area contributed by atoms with Gasteiger partial charge in [0.1, 0.15) is 17.7 Å². The number of ether oxygens (including phenoxy) is 2. The Morgan fingerprint density at radius 3 is 2.12 bits per heavy atom. The molecular weight excluding hydrogens is 654 g/mol. The number of fused-ring (bicyclic) bond motifs is 5. The molecule has 0 spiro atoms. The van der Waals surface area contributed by atoms with Crippen molar-refractivity contribution in [3.8, 4) is 0 Å². The minimum atomic E-state index is -0.903. The largest absolute Gasteiger partial charge is 0.460 e. The summed E-state index contributed by atoms with van der Waals surface area (Å²) in [5.74, 6) is 0.180. The van der Waals surface area contributed by atoms with Crippen molar-refractivity contribution in [2.24, 2.45) is 45.3 Å². The number of carbonyl (C=O) groups excluding carboxylic acids is 2. The van der Waals surface area contributed by atoms with Crippen LogP contribution in [0.25, 0.3) is 0 Å². The van der Waals surface area contributed by atoms with Gasteiger partial charge in [-0.3, -0.25) is 0 Å². The molecule has 0 aliphatic heterocycles. The third kappa shape index (κ3) is 7.82. The smallest absolute Gasteiger partial charge is 0.408 e. The lowest BCUT2D eigenvalue weighted by molar-refractivity contribution is -0.249. The average Bonchev–Trinajstić information content (AvgIpc) is 3.39. The summed E-state index contributed by atoms with van der Waals surface area (Å²) in [6.45, 7) is 22.9. The highest BCUT2D eigenvalue weighted by atomic mass is 16.6. The van der Waals surface area contributed by atoms with Crippen molar-refractivity contribution in [1.82, 2.24) is 5.32 Å². The normalized spacial score (nSPS) is 37.4. The van der Waals surface area contributed by atoms with Gasteiger partial charge in [0.25, 0.3) is 0 Å². The zero-order chi connectivity index (χ0) is 38.7. The van der Waals surface area contributed by atoms with Crippen molar-refractivity contribution in [3.63, 3.8) is 0 Å². The molecule has 4 aliphatic carbocycles. The minimum Gasteiger partial charge on any atom is -0.460 e. The number of benzene rings is 1. The molecule has 4 saturated carbocycles. The topological polar surface area (TPSA) is 125 Å². The van der Waals surface area contributed by atoms with Gasteiger partial charge < -0.3 is 30.1 Å². The molecule has 4 fully saturated rings. The number of aliphatic hydroxyl groups excluding tert-OH is 1. The lowest BCUT2D eigenvalue weighted by Gasteiger charge is -2.70. The third-order valence-corrected chi connectivity index (χ3v) is 15.1. The first-order valence-corrected chi connectivity index (χ1v) is 20.2. The van der Waals surface area contributed by atoms with Crippen LogP contribution in [0.3, 0.4) is 0 Å². The second-order valence-electron chi connectivity index (χ2n) is 20.7. The van der Waals surface area contributed by atoms with Crippen molar-refractivity contribution in [2.75, 3.05) is 0 Å². The number of aliphatic hydroxyl groups is 3. The number of esters is 1. The Balaban J connectivity index is 1.34. The lowest BCUT2D eigenvalue weighted by Crippen LogP contribution is -2.67. The Labute approximate surface area is 314 Å². The Hall–Kier alpha value is -2.16. The molecule has 1 aromatic carbocycles. The van der Waals surface area contributed by atoms with Crippen LogP contribution in [0.15, 0.2) is 30.3 Å². The van der Waals surface area contributed by atoms with Crippen LogP contribution in [0.4, 0.5) is 4.79 Å². The summed E-state index contributed by atoms with van der Waals surface area (Å²) in [5.41, 5.74) is -1.93. The number of nitrogens with one attached hydrogen (secondary N) is 1. The monoisotopic (exact) mass is 726 g/mol. The number of alkyl carbamates (subject to hydrolysis) is 1. The summed E-state index contributed by atoms with van der Waals surface area (Å²) in [5, 5.41) is 37.2. The summed E-state index contributed by atoms with van der Waals surface area (Å²) in [6, 6.07) is 8.78. The fraction of sp³-hybridized carbons (Fsp3) is 0.818. The van der Waals surface area contributed by atoms with Gasteiger partial charge in [0.15, 0.2) is 0 Å². The van der Waals surface area contributed by atoms with E-state index in [-0.39, 0.29) is 45.5 Å². The number of hydrogen-bond donors (Lipinski definition) is 4. The second kappa shape index (κ2) is 14.2. The van der Waals surface area contributed by atoms with E-state index in [2.05, 4.69) is 39.9 Å². The molecule has 0 saturated heterocycles. The highest BCUT2D eigenvalue weighted by Gasteiger charge is 2.71. The maximum absolute atomic E-state index is 14.0. The van der Waals surface area contributed by atoms with E-state index in [0.29, 0.717) is 25.2 Å². The van der Waals surface area contributed by atoms with Crippen molar-refractivity contribution in [1.29, 1.82) is 0 Å². The maximum atomic E-state index is 14.0. The molecule has 52 heavy (non-hydrogen) atoms. The SMILES string of the molecule is CC(C)(O)CCC[C@@](C)(O)[C@H]1CC[C@]2(C)[C@@H]1[C@H](O)C[C@@H]1[C@@]3(C)CC[C@H](OC(=O)[C@H](Cc4ccccc4)NC(=O)OC(C)(C)C)C(C)(C)[C@@H]3CC[C@]12C. The Morgan fingerprint density at radius 1 is 0.865 bits per heavy atom. The Bertz CT molecular complexity index is 1430. The van der Waals surface area contributed by atoms with E-state index in [4.69, 9.17) is 9.47 Å². The zero-order valence-electron chi connectivity index (χ0n) is 34.2. The number of hydrogen-bond acceptors (Lipinski definition) is 7. The molecule has 0 aromatic heterocycles. The van der Waals surface area contributed by atoms with E-state index < -0.39 is 41.0 Å². The van der Waals surface area contributed by atoms with Crippen LogP contribution in [-0.4, -0.2) is 62.4 Å². The molecule has 5 rings (SSSR count). The highest BCUT2D eigenvalue weighted by Crippen LogP contribution is 2.76. The van der Waals surface area contributed by atoms with Crippen molar-refractivity contribution in [3.05, 3.63) is 35.9 Å². The third-order valence-electron chi connectivity index (χ3n) is 15.1. The van der Waals surface area contributed by atoms with E-state index in [0.717, 1.165) is 56.9 Å². The van der Waals surface area contributed by atoms with Crippen LogP contribution in [0.5, 0.6) is 0 Å². The second-order valence-corrected chi connectivity index (χ2v) is 20.7. The lowest BCUT2D eigenvalue weighted by atomic mass is 9.35. The molecule has 294 valence electrons. The van der Waals surface area contributed by atoms with E-state index in [1.807, 2.05) is 51.1 Å². The highest BCUT2D eigenvalue weighted by molar-refractivity contribution is 5.82. The molecule has 1 aromatic rings. The summed E-state index contributed by atoms with van der Waals surface area (Å²) in [4.78, 5) is 26.9. The van der Waals surface area contributed by atoms with Crippen molar-refractivity contribution in [2.45, 2.75) is 182 Å². The van der Waals surface area contributed by atoms with Gasteiger partial charge >= 0.3 is 12.1 Å². The van der Waals surface area contributed by atoms with Crippen LogP contribution in [0, 0.1) is 45.3 Å². The van der Waals surface area contributed by atoms with E-state index in [1.165, 1.54) is 0 Å². The molecule has 8 heteroatoms. The van der Waals surface area contributed by atoms with Crippen LogP contribution >= 0.6 is 0 Å². The van der Waals surface area contributed by atoms with Crippen LogP contribution < -0.4 is 5.32 Å². The van der Waals surface area contributed by atoms with Gasteiger partial charge in [-0.25, -0.2) is 9.59 Å². The van der Waals surface area contributed by atoms with Crippen LogP contribution in [-0.2, 0) is 20.7 Å². The van der Waals surface area contributed by atoms with Gasteiger partial charge in [-0.2, -0.15) is 0 Å². The molecule has 0 unspecified atom stereocenters. The van der Waals surface area contributed by atoms with Gasteiger partial charge in [0.2, 0.25) is 0 Å². The standard InChI is InChI=1S/C44H71NO7/c1-38(2,3)52-37(48)45-30(26-28-16-13-12-14-17-28)36(47)51-34-20-23-41(8)32(40(34,6)7)19-25-42(9)33(41)27-31(46)35-29(18-24-43(35,42)10)44(11,50)22-15-21-39(4,5)49/h12-14,16-17,29-35,46,49-50H,15,18-27H2,1-11H3,(H,45,48)/t29-,30-,31+,32-,33+,34-,35-,41-,42+,43+,44+/m0/s1. The molecule has 0 bridgehead atoms. The maximum Gasteiger partial charge on any atom is 0.408 e. The summed E-state index contributed by atoms with van der Waals surface area (Å²) < 4.78 is 12.0. The first-order chi connectivity index (χ1) is 23.8. The van der Waals surface area contributed by atoms with E-state index >= 15 is 0 Å². The first-order valence-electron chi connectivity index (χ1n) is 20.2. The zero-order valence-corrected chi connectivity index (χ0v) is 34.2. The Morgan fingerprint density at radius 2 is 1.50 bits per heavy atom. The molecule has 0 heterocycles. The molecule has 4 N–H and O–H groups in total. The van der Waals surface area contributed by atoms with Crippen molar-refractivity contribution < 1.29 is 34.4 Å². The number of amides is 1. The minimum absolute atomic E-state index is 0.00221. The Kier molecular flexibility index (Phi) is 11.2. The summed E-state index contributed by atoms with van der Waals surface area (Å²) >= 11 is 0. The van der Waals surface area contributed by atoms with Gasteiger partial charge in [0, 0.05) is 11.8 Å². The fourth-order valence-corrected chi connectivity index (χ4v) is 12.4. The molecule has 11 atom stereocenters. The summed E-state index contributed by atoms with van der Waals surface area (Å²) in [6.07, 6.45) is 7.14. The predicted octanol–water partition coefficient (Wildman–Crippen LogP) is 8.38. The van der Waals surface area contributed by atoms with E-state index in [9.17, 15) is 24.9 Å². The number of rotatable bonds is 10. The molecule has 4 aliphatic rings. The summed E-state index contributed by atoms with van der Waals surface area (Å²) in [7, 11) is 0. The molecule has 8 nitrogen and oxygen atoms in total. The molecule has 0 radical (unpaired) electrons. The number of carbonyl (C=O) groups is 2. The van der Waals surface area contributed by atoms with Crippen molar-refractivity contribution >= 4 is 12.1 Å². The van der Waals surface area contributed by atoms with Gasteiger partial charge in [-0.1, -0.05) is 65.0 Å². The molecule has 1 amide bonds.